The molecule has 0 aromatic heterocycles. The zero-order valence-corrected chi connectivity index (χ0v) is 22.5. The number of ether oxygens (including phenoxy) is 2. The maximum absolute atomic E-state index is 12.1. The Labute approximate surface area is 232 Å². The number of amides is 1. The Hall–Kier alpha value is -2.85. The summed E-state index contributed by atoms with van der Waals surface area (Å²) in [4.78, 5) is 23.0. The van der Waals surface area contributed by atoms with Crippen molar-refractivity contribution in [3.05, 3.63) is 93.0 Å². The summed E-state index contributed by atoms with van der Waals surface area (Å²) in [6.07, 6.45) is 1.41. The van der Waals surface area contributed by atoms with Gasteiger partial charge in [0.2, 0.25) is 0 Å². The summed E-state index contributed by atoms with van der Waals surface area (Å²) < 4.78 is 11.7. The van der Waals surface area contributed by atoms with E-state index in [1.807, 2.05) is 47.8 Å². The van der Waals surface area contributed by atoms with Crippen molar-refractivity contribution in [2.45, 2.75) is 11.2 Å². The minimum atomic E-state index is -0.998. The van der Waals surface area contributed by atoms with Crippen LogP contribution in [0.25, 0.3) is 0 Å². The lowest BCUT2D eigenvalue weighted by Gasteiger charge is -2.11. The smallest absolute Gasteiger partial charge is 0.335 e. The van der Waals surface area contributed by atoms with Gasteiger partial charge in [-0.15, -0.1) is 23.5 Å². The summed E-state index contributed by atoms with van der Waals surface area (Å²) in [7, 11) is 0. The quantitative estimate of drug-likeness (QED) is 0.216. The van der Waals surface area contributed by atoms with E-state index in [0.29, 0.717) is 15.9 Å². The molecule has 0 radical (unpaired) electrons. The molecule has 3 aromatic rings. The van der Waals surface area contributed by atoms with Gasteiger partial charge in [0, 0.05) is 11.5 Å². The van der Waals surface area contributed by atoms with E-state index in [1.165, 1.54) is 23.9 Å². The van der Waals surface area contributed by atoms with Crippen LogP contribution in [0.2, 0.25) is 10.0 Å². The number of carbonyl (C=O) groups is 2. The predicted octanol–water partition coefficient (Wildman–Crippen LogP) is 6.28. The number of carbonyl (C=O) groups excluding carboxylic acids is 1. The van der Waals surface area contributed by atoms with Crippen LogP contribution in [0, 0.1) is 0 Å². The number of thioether (sulfide) groups is 2. The largest absolute Gasteiger partial charge is 0.486 e. The number of halogens is 2. The van der Waals surface area contributed by atoms with E-state index in [1.54, 1.807) is 24.3 Å². The number of nitrogens with one attached hydrogen (secondary N) is 1. The first-order valence-corrected chi connectivity index (χ1v) is 14.0. The summed E-state index contributed by atoms with van der Waals surface area (Å²) in [6, 6.07) is 17.3. The van der Waals surface area contributed by atoms with Gasteiger partial charge in [0.25, 0.3) is 5.91 Å². The monoisotopic (exact) mass is 576 g/mol. The van der Waals surface area contributed by atoms with Crippen molar-refractivity contribution in [2.75, 3.05) is 18.1 Å². The lowest BCUT2D eigenvalue weighted by atomic mass is 10.1. The van der Waals surface area contributed by atoms with Crippen LogP contribution in [-0.4, -0.2) is 41.3 Å². The first-order chi connectivity index (χ1) is 17.9. The van der Waals surface area contributed by atoms with E-state index in [4.69, 9.17) is 37.8 Å². The van der Waals surface area contributed by atoms with E-state index in [-0.39, 0.29) is 34.6 Å². The fraction of sp³-hybridized carbons (Fsp3) is 0.192. The van der Waals surface area contributed by atoms with Gasteiger partial charge in [-0.25, -0.2) is 10.2 Å². The van der Waals surface area contributed by atoms with Crippen molar-refractivity contribution >= 4 is 64.8 Å². The molecule has 0 spiro atoms. The van der Waals surface area contributed by atoms with Crippen molar-refractivity contribution < 1.29 is 24.2 Å². The minimum Gasteiger partial charge on any atom is -0.486 e. The molecule has 1 heterocycles. The Morgan fingerprint density at radius 3 is 2.27 bits per heavy atom. The molecule has 4 rings (SSSR count). The van der Waals surface area contributed by atoms with Crippen LogP contribution in [0.3, 0.4) is 0 Å². The highest BCUT2D eigenvalue weighted by atomic mass is 35.5. The predicted molar refractivity (Wildman–Crippen MR) is 150 cm³/mol. The summed E-state index contributed by atoms with van der Waals surface area (Å²) in [5.41, 5.74) is 5.17. The van der Waals surface area contributed by atoms with E-state index in [2.05, 4.69) is 10.5 Å². The first-order valence-electron chi connectivity index (χ1n) is 11.1. The number of rotatable bonds is 10. The zero-order valence-electron chi connectivity index (χ0n) is 19.4. The number of carboxylic acids is 1. The van der Waals surface area contributed by atoms with Crippen LogP contribution < -0.4 is 14.9 Å². The third kappa shape index (κ3) is 7.82. The Bertz CT molecular complexity index is 1260. The van der Waals surface area contributed by atoms with Crippen LogP contribution >= 0.6 is 46.7 Å². The average Bonchev–Trinajstić information content (AvgIpc) is 3.43. The van der Waals surface area contributed by atoms with Gasteiger partial charge in [0.1, 0.15) is 12.4 Å². The standard InChI is InChI=1S/C26H22Cl2N2O5S2/c27-21-11-17(12-22(28)24(21)35-14-16-1-3-18(4-2-16)25(32)33)13-29-30-23(31)15-34-20-7-5-19(6-8-20)26-36-9-10-37-26/h1-8,11-13,26H,9-10,14-15H2,(H,30,31)(H,32,33)/b29-13-. The SMILES string of the molecule is O=C(COc1ccc(C2SCCS2)cc1)N/N=C\c1cc(Cl)c(OCc2ccc(C(=O)O)cc2)c(Cl)c1. The molecule has 1 amide bonds. The second-order valence-corrected chi connectivity index (χ2v) is 11.4. The molecule has 0 saturated carbocycles. The van der Waals surface area contributed by atoms with E-state index < -0.39 is 11.9 Å². The molecule has 37 heavy (non-hydrogen) atoms. The Kier molecular flexibility index (Phi) is 9.62. The molecular formula is C26H22Cl2N2O5S2. The fourth-order valence-electron chi connectivity index (χ4n) is 3.32. The molecule has 3 aromatic carbocycles. The van der Waals surface area contributed by atoms with Crippen molar-refractivity contribution in [3.63, 3.8) is 0 Å². The van der Waals surface area contributed by atoms with Crippen molar-refractivity contribution in [1.29, 1.82) is 0 Å². The summed E-state index contributed by atoms with van der Waals surface area (Å²) in [5, 5.41) is 13.4. The third-order valence-electron chi connectivity index (χ3n) is 5.15. The molecule has 1 aliphatic rings. The highest BCUT2D eigenvalue weighted by Gasteiger charge is 2.18. The first kappa shape index (κ1) is 27.2. The van der Waals surface area contributed by atoms with E-state index in [0.717, 1.165) is 17.1 Å². The number of carboxylic acid groups (broad SMARTS) is 1. The van der Waals surface area contributed by atoms with Crippen molar-refractivity contribution in [3.8, 4) is 11.5 Å². The highest BCUT2D eigenvalue weighted by Crippen LogP contribution is 2.45. The Balaban J connectivity index is 1.25. The average molecular weight is 578 g/mol. The van der Waals surface area contributed by atoms with Crippen LogP contribution in [-0.2, 0) is 11.4 Å². The topological polar surface area (TPSA) is 97.2 Å². The molecule has 0 atom stereocenters. The maximum Gasteiger partial charge on any atom is 0.335 e. The molecule has 0 unspecified atom stereocenters. The molecule has 2 N–H and O–H groups in total. The molecule has 0 aliphatic carbocycles. The summed E-state index contributed by atoms with van der Waals surface area (Å²) in [6.45, 7) is -0.0184. The molecule has 1 fully saturated rings. The molecular weight excluding hydrogens is 555 g/mol. The van der Waals surface area contributed by atoms with Gasteiger partial charge in [-0.1, -0.05) is 47.5 Å². The Morgan fingerprint density at radius 1 is 1.00 bits per heavy atom. The number of hydrazone groups is 1. The summed E-state index contributed by atoms with van der Waals surface area (Å²) in [5.74, 6) is 1.82. The molecule has 7 nitrogen and oxygen atoms in total. The molecule has 1 aliphatic heterocycles. The molecule has 192 valence electrons. The van der Waals surface area contributed by atoms with Gasteiger partial charge in [0.15, 0.2) is 12.4 Å². The number of benzene rings is 3. The fourth-order valence-corrected chi connectivity index (χ4v) is 6.80. The second kappa shape index (κ2) is 13.1. The highest BCUT2D eigenvalue weighted by molar-refractivity contribution is 8.19. The number of aromatic carboxylic acids is 1. The van der Waals surface area contributed by atoms with Crippen LogP contribution in [0.4, 0.5) is 0 Å². The number of hydrogen-bond acceptors (Lipinski definition) is 7. The van der Waals surface area contributed by atoms with Crippen LogP contribution in [0.1, 0.15) is 31.6 Å². The van der Waals surface area contributed by atoms with Gasteiger partial charge in [-0.05, 0) is 53.1 Å². The molecule has 11 heteroatoms. The van der Waals surface area contributed by atoms with Crippen LogP contribution in [0.15, 0.2) is 65.8 Å². The van der Waals surface area contributed by atoms with Gasteiger partial charge in [-0.3, -0.25) is 4.79 Å². The van der Waals surface area contributed by atoms with Crippen molar-refractivity contribution in [1.82, 2.24) is 5.43 Å². The second-order valence-electron chi connectivity index (χ2n) is 7.83. The van der Waals surface area contributed by atoms with Gasteiger partial charge >= 0.3 is 5.97 Å². The molecule has 1 saturated heterocycles. The summed E-state index contributed by atoms with van der Waals surface area (Å²) >= 11 is 16.5. The van der Waals surface area contributed by atoms with Gasteiger partial charge in [-0.2, -0.15) is 5.10 Å². The molecule has 0 bridgehead atoms. The van der Waals surface area contributed by atoms with E-state index in [9.17, 15) is 9.59 Å². The van der Waals surface area contributed by atoms with Gasteiger partial charge in [0.05, 0.1) is 26.4 Å². The normalized spacial score (nSPS) is 13.6. The lowest BCUT2D eigenvalue weighted by Crippen LogP contribution is -2.24. The number of hydrogen-bond donors (Lipinski definition) is 2. The maximum atomic E-state index is 12.1. The van der Waals surface area contributed by atoms with Gasteiger partial charge < -0.3 is 14.6 Å². The van der Waals surface area contributed by atoms with E-state index >= 15 is 0 Å². The number of nitrogens with zero attached hydrogens (tertiary/aromatic N) is 1. The van der Waals surface area contributed by atoms with Crippen LogP contribution in [0.5, 0.6) is 11.5 Å². The third-order valence-corrected chi connectivity index (χ3v) is 8.82. The Morgan fingerprint density at radius 2 is 1.65 bits per heavy atom. The zero-order chi connectivity index (χ0) is 26.2. The lowest BCUT2D eigenvalue weighted by molar-refractivity contribution is -0.123. The van der Waals surface area contributed by atoms with Crippen molar-refractivity contribution in [2.24, 2.45) is 5.10 Å². The minimum absolute atomic E-state index is 0.157.